The molecule has 1 fully saturated rings. The molecule has 1 unspecified atom stereocenters. The Hall–Kier alpha value is -2.11. The smallest absolute Gasteiger partial charge is 0.257 e. The number of nitrogens with zero attached hydrogens (tertiary/aromatic N) is 4. The fourth-order valence-corrected chi connectivity index (χ4v) is 4.18. The van der Waals surface area contributed by atoms with E-state index >= 15 is 0 Å². The highest BCUT2D eigenvalue weighted by Gasteiger charge is 2.30. The lowest BCUT2D eigenvalue weighted by atomic mass is 9.93. The molecule has 134 valence electrons. The zero-order chi connectivity index (χ0) is 17.2. The molecule has 3 aliphatic rings. The highest BCUT2D eigenvalue weighted by molar-refractivity contribution is 5.95. The summed E-state index contributed by atoms with van der Waals surface area (Å²) in [5.41, 5.74) is 1.85. The standard InChI is InChI=1S/C19H26N4O2/c24-18(15-6-2-1-3-7-15)21-10-12-22(13-11-21)19(25)16-14-20-23-9-5-4-8-17(16)23/h1-2,14-15H,3-13H2. The number of hydrogen-bond donors (Lipinski definition) is 0. The number of piperazine rings is 1. The van der Waals surface area contributed by atoms with E-state index in [1.165, 1.54) is 0 Å². The van der Waals surface area contributed by atoms with Gasteiger partial charge in [-0.15, -0.1) is 0 Å². The van der Waals surface area contributed by atoms with Crippen molar-refractivity contribution >= 4 is 11.8 Å². The second kappa shape index (κ2) is 7.02. The fraction of sp³-hybridized carbons (Fsp3) is 0.632. The predicted octanol–water partition coefficient (Wildman–Crippen LogP) is 1.86. The van der Waals surface area contributed by atoms with Crippen LogP contribution in [0.5, 0.6) is 0 Å². The van der Waals surface area contributed by atoms with Crippen LogP contribution < -0.4 is 0 Å². The van der Waals surface area contributed by atoms with Gasteiger partial charge < -0.3 is 9.80 Å². The van der Waals surface area contributed by atoms with E-state index in [4.69, 9.17) is 0 Å². The largest absolute Gasteiger partial charge is 0.339 e. The van der Waals surface area contributed by atoms with Gasteiger partial charge in [0, 0.05) is 38.6 Å². The summed E-state index contributed by atoms with van der Waals surface area (Å²) in [5.74, 6) is 0.477. The normalized spacial score (nSPS) is 23.4. The minimum Gasteiger partial charge on any atom is -0.339 e. The molecule has 6 heteroatoms. The lowest BCUT2D eigenvalue weighted by Crippen LogP contribution is -2.52. The number of aromatic nitrogens is 2. The summed E-state index contributed by atoms with van der Waals surface area (Å²) >= 11 is 0. The molecule has 1 aromatic rings. The van der Waals surface area contributed by atoms with Gasteiger partial charge in [0.25, 0.3) is 5.91 Å². The quantitative estimate of drug-likeness (QED) is 0.771. The van der Waals surface area contributed by atoms with E-state index in [9.17, 15) is 9.59 Å². The maximum atomic E-state index is 12.9. The number of amides is 2. The van der Waals surface area contributed by atoms with Gasteiger partial charge >= 0.3 is 0 Å². The lowest BCUT2D eigenvalue weighted by Gasteiger charge is -2.36. The maximum absolute atomic E-state index is 12.9. The van der Waals surface area contributed by atoms with Crippen molar-refractivity contribution in [3.05, 3.63) is 29.6 Å². The Labute approximate surface area is 148 Å². The number of fused-ring (bicyclic) bond motifs is 1. The van der Waals surface area contributed by atoms with Crippen LogP contribution in [0, 0.1) is 5.92 Å². The van der Waals surface area contributed by atoms with Crippen LogP contribution in [0.15, 0.2) is 18.3 Å². The van der Waals surface area contributed by atoms with Crippen LogP contribution in [0.2, 0.25) is 0 Å². The van der Waals surface area contributed by atoms with Gasteiger partial charge in [-0.1, -0.05) is 12.2 Å². The molecule has 1 saturated heterocycles. The summed E-state index contributed by atoms with van der Waals surface area (Å²) in [6.45, 7) is 3.46. The molecular formula is C19H26N4O2. The van der Waals surface area contributed by atoms with Crippen LogP contribution in [-0.2, 0) is 17.8 Å². The molecule has 25 heavy (non-hydrogen) atoms. The molecule has 6 nitrogen and oxygen atoms in total. The summed E-state index contributed by atoms with van der Waals surface area (Å²) in [7, 11) is 0. The number of aryl methyl sites for hydroxylation is 1. The highest BCUT2D eigenvalue weighted by Crippen LogP contribution is 2.23. The Morgan fingerprint density at radius 3 is 2.56 bits per heavy atom. The average Bonchev–Trinajstić information content (AvgIpc) is 3.12. The number of allylic oxidation sites excluding steroid dienone is 2. The molecule has 1 atom stereocenters. The first-order valence-electron chi connectivity index (χ1n) is 9.52. The zero-order valence-corrected chi connectivity index (χ0v) is 14.7. The zero-order valence-electron chi connectivity index (χ0n) is 14.7. The Morgan fingerprint density at radius 2 is 1.80 bits per heavy atom. The van der Waals surface area contributed by atoms with E-state index in [-0.39, 0.29) is 17.7 Å². The van der Waals surface area contributed by atoms with Crippen LogP contribution in [0.25, 0.3) is 0 Å². The Kier molecular flexibility index (Phi) is 4.59. The first-order valence-corrected chi connectivity index (χ1v) is 9.52. The molecule has 4 rings (SSSR count). The van der Waals surface area contributed by atoms with E-state index in [0.717, 1.165) is 56.3 Å². The molecule has 1 aromatic heterocycles. The molecule has 0 spiro atoms. The molecule has 2 amide bonds. The minimum atomic E-state index is 0.0795. The maximum Gasteiger partial charge on any atom is 0.257 e. The third-order valence-electron chi connectivity index (χ3n) is 5.71. The van der Waals surface area contributed by atoms with Gasteiger partial charge in [-0.25, -0.2) is 0 Å². The van der Waals surface area contributed by atoms with Crippen molar-refractivity contribution < 1.29 is 9.59 Å². The van der Waals surface area contributed by atoms with Crippen molar-refractivity contribution in [1.82, 2.24) is 19.6 Å². The Balaban J connectivity index is 1.37. The fourth-order valence-electron chi connectivity index (χ4n) is 4.18. The predicted molar refractivity (Wildman–Crippen MR) is 94.1 cm³/mol. The topological polar surface area (TPSA) is 58.4 Å². The molecule has 3 heterocycles. The van der Waals surface area contributed by atoms with Crippen molar-refractivity contribution in [2.75, 3.05) is 26.2 Å². The van der Waals surface area contributed by atoms with Crippen LogP contribution in [-0.4, -0.2) is 57.6 Å². The first-order chi connectivity index (χ1) is 12.2. The van der Waals surface area contributed by atoms with Gasteiger partial charge in [-0.3, -0.25) is 14.3 Å². The van der Waals surface area contributed by atoms with E-state index in [1.807, 2.05) is 14.5 Å². The molecule has 0 bridgehead atoms. The molecule has 0 N–H and O–H groups in total. The Morgan fingerprint density at radius 1 is 1.00 bits per heavy atom. The van der Waals surface area contributed by atoms with Gasteiger partial charge in [-0.05, 0) is 38.5 Å². The number of rotatable bonds is 2. The summed E-state index contributed by atoms with van der Waals surface area (Å²) in [6.07, 6.45) is 12.0. The molecule has 0 saturated carbocycles. The summed E-state index contributed by atoms with van der Waals surface area (Å²) in [4.78, 5) is 29.3. The van der Waals surface area contributed by atoms with E-state index < -0.39 is 0 Å². The summed E-state index contributed by atoms with van der Waals surface area (Å²) in [6, 6.07) is 0. The molecule has 0 aromatic carbocycles. The Bertz CT molecular complexity index is 686. The van der Waals surface area contributed by atoms with Crippen molar-refractivity contribution in [3.63, 3.8) is 0 Å². The number of hydrogen-bond acceptors (Lipinski definition) is 3. The number of carbonyl (C=O) groups excluding carboxylic acids is 2. The highest BCUT2D eigenvalue weighted by atomic mass is 16.2. The molecule has 0 radical (unpaired) electrons. The van der Waals surface area contributed by atoms with Crippen LogP contribution in [0.4, 0.5) is 0 Å². The molecular weight excluding hydrogens is 316 g/mol. The van der Waals surface area contributed by atoms with Crippen molar-refractivity contribution in [3.8, 4) is 0 Å². The van der Waals surface area contributed by atoms with Crippen molar-refractivity contribution in [2.24, 2.45) is 5.92 Å². The number of carbonyl (C=O) groups is 2. The van der Waals surface area contributed by atoms with E-state index in [0.29, 0.717) is 26.2 Å². The van der Waals surface area contributed by atoms with Crippen LogP contribution in [0.1, 0.15) is 48.2 Å². The third kappa shape index (κ3) is 3.22. The lowest BCUT2D eigenvalue weighted by molar-refractivity contribution is -0.137. The second-order valence-corrected chi connectivity index (χ2v) is 7.28. The third-order valence-corrected chi connectivity index (χ3v) is 5.71. The molecule has 1 aliphatic carbocycles. The van der Waals surface area contributed by atoms with Crippen LogP contribution >= 0.6 is 0 Å². The van der Waals surface area contributed by atoms with E-state index in [1.54, 1.807) is 6.20 Å². The first kappa shape index (κ1) is 16.4. The van der Waals surface area contributed by atoms with Gasteiger partial charge in [-0.2, -0.15) is 5.10 Å². The van der Waals surface area contributed by atoms with E-state index in [2.05, 4.69) is 17.3 Å². The minimum absolute atomic E-state index is 0.0795. The van der Waals surface area contributed by atoms with Gasteiger partial charge in [0.1, 0.15) is 0 Å². The SMILES string of the molecule is O=C(c1cnn2c1CCCC2)N1CCN(C(=O)C2CC=CCC2)CC1. The summed E-state index contributed by atoms with van der Waals surface area (Å²) in [5, 5.41) is 4.38. The van der Waals surface area contributed by atoms with Gasteiger partial charge in [0.05, 0.1) is 17.5 Å². The monoisotopic (exact) mass is 342 g/mol. The van der Waals surface area contributed by atoms with Crippen molar-refractivity contribution in [2.45, 2.75) is 45.1 Å². The van der Waals surface area contributed by atoms with Gasteiger partial charge in [0.2, 0.25) is 5.91 Å². The summed E-state index contributed by atoms with van der Waals surface area (Å²) < 4.78 is 1.98. The van der Waals surface area contributed by atoms with Crippen LogP contribution in [0.3, 0.4) is 0 Å². The second-order valence-electron chi connectivity index (χ2n) is 7.28. The van der Waals surface area contributed by atoms with Gasteiger partial charge in [0.15, 0.2) is 0 Å². The average molecular weight is 342 g/mol. The molecule has 2 aliphatic heterocycles. The van der Waals surface area contributed by atoms with Crippen molar-refractivity contribution in [1.29, 1.82) is 0 Å².